The largest absolute Gasteiger partial charge is 0.495 e. The first-order chi connectivity index (χ1) is 11.8. The molecule has 1 aromatic rings. The maximum Gasteiger partial charge on any atom is 0.344 e. The lowest BCUT2D eigenvalue weighted by Crippen LogP contribution is -2.62. The Morgan fingerprint density at radius 3 is 2.12 bits per heavy atom. The van der Waals surface area contributed by atoms with Crippen molar-refractivity contribution in [2.24, 2.45) is 0 Å². The van der Waals surface area contributed by atoms with E-state index in [0.29, 0.717) is 17.0 Å². The molecule has 3 N–H and O–H groups in total. The van der Waals surface area contributed by atoms with Crippen molar-refractivity contribution in [1.82, 2.24) is 5.32 Å². The average Bonchev–Trinajstić information content (AvgIpc) is 2.55. The Balaban J connectivity index is 3.38. The molecule has 138 valence electrons. The van der Waals surface area contributed by atoms with Gasteiger partial charge in [-0.15, -0.1) is 0 Å². The van der Waals surface area contributed by atoms with Crippen molar-refractivity contribution in [3.63, 3.8) is 0 Å². The maximum absolute atomic E-state index is 12.5. The van der Waals surface area contributed by atoms with E-state index in [-0.39, 0.29) is 19.6 Å². The monoisotopic (exact) mass is 352 g/mol. The molecule has 0 fully saturated rings. The van der Waals surface area contributed by atoms with Gasteiger partial charge in [0.15, 0.2) is 0 Å². The van der Waals surface area contributed by atoms with Gasteiger partial charge in [-0.2, -0.15) is 0 Å². The maximum atomic E-state index is 12.5. The third-order valence-corrected chi connectivity index (χ3v) is 3.40. The number of nitrogens with two attached hydrogens (primary N) is 1. The van der Waals surface area contributed by atoms with Crippen LogP contribution in [0.4, 0.5) is 5.69 Å². The van der Waals surface area contributed by atoms with Gasteiger partial charge >= 0.3 is 11.9 Å². The highest BCUT2D eigenvalue weighted by atomic mass is 16.6. The van der Waals surface area contributed by atoms with Crippen molar-refractivity contribution in [1.29, 1.82) is 0 Å². The van der Waals surface area contributed by atoms with Crippen LogP contribution in [0.2, 0.25) is 0 Å². The van der Waals surface area contributed by atoms with Crippen LogP contribution >= 0.6 is 0 Å². The van der Waals surface area contributed by atoms with Crippen LogP contribution in [0, 0.1) is 0 Å². The first-order valence-corrected chi connectivity index (χ1v) is 7.86. The molecule has 0 unspecified atom stereocenters. The number of rotatable bonds is 8. The minimum Gasteiger partial charge on any atom is -0.495 e. The zero-order valence-corrected chi connectivity index (χ0v) is 14.9. The van der Waals surface area contributed by atoms with Crippen LogP contribution < -0.4 is 15.8 Å². The predicted molar refractivity (Wildman–Crippen MR) is 90.9 cm³/mol. The zero-order valence-electron chi connectivity index (χ0n) is 14.9. The second-order valence-corrected chi connectivity index (χ2v) is 5.28. The first kappa shape index (κ1) is 20.3. The molecular formula is C17H24N2O6. The van der Waals surface area contributed by atoms with Crippen LogP contribution in [0.5, 0.6) is 5.75 Å². The molecule has 0 aliphatic carbocycles. The van der Waals surface area contributed by atoms with Crippen molar-refractivity contribution >= 4 is 23.5 Å². The molecule has 1 aromatic carbocycles. The molecule has 0 saturated heterocycles. The summed E-state index contributed by atoms with van der Waals surface area (Å²) in [5.41, 5.74) is 4.74. The summed E-state index contributed by atoms with van der Waals surface area (Å²) in [5, 5.41) is 2.40. The smallest absolute Gasteiger partial charge is 0.344 e. The molecule has 0 atom stereocenters. The molecule has 0 radical (unpaired) electrons. The van der Waals surface area contributed by atoms with Gasteiger partial charge < -0.3 is 25.3 Å². The fraction of sp³-hybridized carbons (Fsp3) is 0.471. The van der Waals surface area contributed by atoms with Crippen LogP contribution in [-0.4, -0.2) is 43.7 Å². The number of anilines is 1. The molecule has 1 amide bonds. The predicted octanol–water partition coefficient (Wildman–Crippen LogP) is 0.821. The topological polar surface area (TPSA) is 117 Å². The van der Waals surface area contributed by atoms with E-state index in [1.54, 1.807) is 32.0 Å². The highest BCUT2D eigenvalue weighted by Gasteiger charge is 2.50. The molecule has 8 heteroatoms. The Hall–Kier alpha value is -2.77. The normalized spacial score (nSPS) is 10.7. The lowest BCUT2D eigenvalue weighted by molar-refractivity contribution is -0.168. The quantitative estimate of drug-likeness (QED) is 0.404. The SMILES string of the molecule is CCOC(=O)C(Cc1ccc(N)c(OC)c1)(NC(C)=O)C(=O)OCC. The van der Waals surface area contributed by atoms with Gasteiger partial charge in [-0.25, -0.2) is 9.59 Å². The minimum absolute atomic E-state index is 0.0463. The van der Waals surface area contributed by atoms with E-state index < -0.39 is 23.4 Å². The van der Waals surface area contributed by atoms with Gasteiger partial charge in [0.1, 0.15) is 5.75 Å². The molecule has 0 heterocycles. The highest BCUT2D eigenvalue weighted by Crippen LogP contribution is 2.26. The highest BCUT2D eigenvalue weighted by molar-refractivity contribution is 6.08. The van der Waals surface area contributed by atoms with Crippen LogP contribution in [0.25, 0.3) is 0 Å². The number of esters is 2. The Bertz CT molecular complexity index is 626. The van der Waals surface area contributed by atoms with Gasteiger partial charge in [0, 0.05) is 13.3 Å². The van der Waals surface area contributed by atoms with Crippen molar-refractivity contribution < 1.29 is 28.6 Å². The van der Waals surface area contributed by atoms with Gasteiger partial charge in [-0.05, 0) is 31.5 Å². The second kappa shape index (κ2) is 8.91. The van der Waals surface area contributed by atoms with Gasteiger partial charge in [0.05, 0.1) is 26.0 Å². The van der Waals surface area contributed by atoms with Crippen molar-refractivity contribution in [3.8, 4) is 5.75 Å². The first-order valence-electron chi connectivity index (χ1n) is 7.86. The Kier molecular flexibility index (Phi) is 7.22. The number of carbonyl (C=O) groups is 3. The van der Waals surface area contributed by atoms with E-state index in [9.17, 15) is 14.4 Å². The second-order valence-electron chi connectivity index (χ2n) is 5.28. The number of ether oxygens (including phenoxy) is 3. The summed E-state index contributed by atoms with van der Waals surface area (Å²) in [4.78, 5) is 36.8. The Labute approximate surface area is 146 Å². The van der Waals surface area contributed by atoms with Crippen LogP contribution in [0.3, 0.4) is 0 Å². The Morgan fingerprint density at radius 2 is 1.68 bits per heavy atom. The fourth-order valence-corrected chi connectivity index (χ4v) is 2.35. The summed E-state index contributed by atoms with van der Waals surface area (Å²) in [6.45, 7) is 4.51. The number of hydrogen-bond donors (Lipinski definition) is 2. The van der Waals surface area contributed by atoms with Gasteiger partial charge in [-0.1, -0.05) is 6.07 Å². The van der Waals surface area contributed by atoms with E-state index in [2.05, 4.69) is 5.32 Å². The van der Waals surface area contributed by atoms with Crippen molar-refractivity contribution in [3.05, 3.63) is 23.8 Å². The zero-order chi connectivity index (χ0) is 19.0. The molecule has 0 spiro atoms. The summed E-state index contributed by atoms with van der Waals surface area (Å²) in [5.74, 6) is -1.95. The average molecular weight is 352 g/mol. The standard InChI is InChI=1S/C17H24N2O6/c1-5-24-15(21)17(19-11(3)20,16(22)25-6-2)10-12-7-8-13(18)14(9-12)23-4/h7-9H,5-6,10,18H2,1-4H3,(H,19,20). The summed E-state index contributed by atoms with van der Waals surface area (Å²) in [6, 6.07) is 4.81. The molecule has 8 nitrogen and oxygen atoms in total. The number of hydrogen-bond acceptors (Lipinski definition) is 7. The summed E-state index contributed by atoms with van der Waals surface area (Å²) in [6.07, 6.45) is -0.166. The molecule has 0 aliphatic heterocycles. The fourth-order valence-electron chi connectivity index (χ4n) is 2.35. The molecule has 1 rings (SSSR count). The minimum atomic E-state index is -1.99. The molecule has 0 bridgehead atoms. The molecule has 0 aromatic heterocycles. The lowest BCUT2D eigenvalue weighted by Gasteiger charge is -2.30. The van der Waals surface area contributed by atoms with E-state index in [0.717, 1.165) is 0 Å². The molecular weight excluding hydrogens is 328 g/mol. The molecule has 25 heavy (non-hydrogen) atoms. The number of methoxy groups -OCH3 is 1. The summed E-state index contributed by atoms with van der Waals surface area (Å²) in [7, 11) is 1.45. The summed E-state index contributed by atoms with van der Waals surface area (Å²) < 4.78 is 15.2. The van der Waals surface area contributed by atoms with E-state index >= 15 is 0 Å². The van der Waals surface area contributed by atoms with Gasteiger partial charge in [0.25, 0.3) is 0 Å². The number of nitrogen functional groups attached to an aromatic ring is 1. The number of carbonyl (C=O) groups excluding carboxylic acids is 3. The van der Waals surface area contributed by atoms with Crippen LogP contribution in [-0.2, 0) is 30.3 Å². The van der Waals surface area contributed by atoms with E-state index in [4.69, 9.17) is 19.9 Å². The van der Waals surface area contributed by atoms with Gasteiger partial charge in [0.2, 0.25) is 11.4 Å². The number of benzene rings is 1. The van der Waals surface area contributed by atoms with E-state index in [1.807, 2.05) is 0 Å². The molecule has 0 saturated carbocycles. The summed E-state index contributed by atoms with van der Waals surface area (Å²) >= 11 is 0. The van der Waals surface area contributed by atoms with Crippen molar-refractivity contribution in [2.45, 2.75) is 32.7 Å². The van der Waals surface area contributed by atoms with Crippen LogP contribution in [0.15, 0.2) is 18.2 Å². The van der Waals surface area contributed by atoms with Crippen molar-refractivity contribution in [2.75, 3.05) is 26.1 Å². The lowest BCUT2D eigenvalue weighted by atomic mass is 9.90. The number of amides is 1. The van der Waals surface area contributed by atoms with Crippen LogP contribution in [0.1, 0.15) is 26.3 Å². The molecule has 0 aliphatic rings. The van der Waals surface area contributed by atoms with E-state index in [1.165, 1.54) is 14.0 Å². The van der Waals surface area contributed by atoms with Gasteiger partial charge in [-0.3, -0.25) is 4.79 Å². The number of nitrogens with one attached hydrogen (secondary N) is 1. The third kappa shape index (κ3) is 4.85. The third-order valence-electron chi connectivity index (χ3n) is 3.40. The Morgan fingerprint density at radius 1 is 1.12 bits per heavy atom.